The normalized spacial score (nSPS) is 11.6. The minimum atomic E-state index is -7.22. The van der Waals surface area contributed by atoms with Crippen LogP contribution >= 0.6 is 0 Å². The van der Waals surface area contributed by atoms with Gasteiger partial charge < -0.3 is 5.11 Å². The molecule has 0 aliphatic heterocycles. The first-order valence-electron chi connectivity index (χ1n) is 18.3. The van der Waals surface area contributed by atoms with Crippen molar-refractivity contribution in [3.63, 3.8) is 0 Å². The number of halogens is 20. The Morgan fingerprint density at radius 2 is 0.493 bits per heavy atom. The van der Waals surface area contributed by atoms with Gasteiger partial charge in [-0.25, -0.2) is 87.8 Å². The van der Waals surface area contributed by atoms with E-state index in [1.54, 1.807) is 12.1 Å². The summed E-state index contributed by atoms with van der Waals surface area (Å²) in [6.45, 7) is 0. The van der Waals surface area contributed by atoms with E-state index >= 15 is 35.1 Å². The van der Waals surface area contributed by atoms with Gasteiger partial charge in [-0.05, 0) is 24.3 Å². The maximum atomic E-state index is 15.4. The van der Waals surface area contributed by atoms with Gasteiger partial charge in [-0.1, -0.05) is 60.7 Å². The highest BCUT2D eigenvalue weighted by Gasteiger charge is 2.52. The molecule has 0 saturated carbocycles. The van der Waals surface area contributed by atoms with E-state index in [4.69, 9.17) is 0 Å². The fourth-order valence-electron chi connectivity index (χ4n) is 7.28. The third-order valence-electron chi connectivity index (χ3n) is 10.2. The summed E-state index contributed by atoms with van der Waals surface area (Å²) in [5.74, 6) is -69.0. The van der Waals surface area contributed by atoms with Crippen LogP contribution in [0.25, 0.3) is 0 Å². The molecule has 0 saturated heterocycles. The maximum Gasteiger partial charge on any atom is 0.200 e. The Hall–Kier alpha value is -6.65. The summed E-state index contributed by atoms with van der Waals surface area (Å²) in [4.78, 5) is 1.30. The van der Waals surface area contributed by atoms with Crippen LogP contribution < -0.4 is 21.9 Å². The molecule has 7 aromatic carbocycles. The number of hydrogen-bond donors (Lipinski definition) is 1. The van der Waals surface area contributed by atoms with Crippen molar-refractivity contribution in [3.8, 4) is 5.75 Å². The number of hydrogen-bond acceptors (Lipinski definition) is 1. The Bertz CT molecular complexity index is 2610. The predicted molar refractivity (Wildman–Crippen MR) is 203 cm³/mol. The van der Waals surface area contributed by atoms with E-state index < -0.39 is 144 Å². The van der Waals surface area contributed by atoms with Gasteiger partial charge in [0.05, 0.1) is 0 Å². The first kappa shape index (κ1) is 49.8. The van der Waals surface area contributed by atoms with Crippen molar-refractivity contribution in [3.05, 3.63) is 212 Å². The lowest BCUT2D eigenvalue weighted by atomic mass is 9.12. The second-order valence-corrected chi connectivity index (χ2v) is 16.1. The molecule has 0 fully saturated rings. The highest BCUT2D eigenvalue weighted by Crippen LogP contribution is 2.31. The van der Waals surface area contributed by atoms with Crippen LogP contribution in [-0.2, 0) is 22.4 Å². The standard InChI is InChI=1S/C24BF20.C20H18OS/c26-5-1(6(27)14(35)21(42)13(5)34)25(2-7(28)15(36)22(43)16(37)8(2)29,3-9(30)17(38)23(44)18(39)10(3)31)4-11(32)19(40)24(45)20(41)12(4)33;21-19-11-13-20(14-12-19)22(15-17-7-3-1-4-8-17)16-18-9-5-2-6-10-18/h;1-14H,15-16H2/q-1;/p+1. The topological polar surface area (TPSA) is 20.2 Å². The Labute approximate surface area is 365 Å². The highest BCUT2D eigenvalue weighted by atomic mass is 32.2. The molecule has 1 nitrogen and oxygen atoms in total. The molecule has 0 unspecified atom stereocenters. The van der Waals surface area contributed by atoms with Crippen LogP contribution in [0.5, 0.6) is 5.75 Å². The molecule has 0 aliphatic carbocycles. The van der Waals surface area contributed by atoms with E-state index in [0.717, 1.165) is 11.5 Å². The summed E-state index contributed by atoms with van der Waals surface area (Å²) in [5, 5.41) is 9.52. The lowest BCUT2D eigenvalue weighted by molar-refractivity contribution is 0.378. The van der Waals surface area contributed by atoms with Gasteiger partial charge in [0.1, 0.15) is 69.9 Å². The van der Waals surface area contributed by atoms with Crippen molar-refractivity contribution in [2.75, 3.05) is 0 Å². The summed E-state index contributed by atoms with van der Waals surface area (Å²) < 4.78 is 294. The first-order valence-corrected chi connectivity index (χ1v) is 19.9. The smallest absolute Gasteiger partial charge is 0.200 e. The number of phenols is 1. The molecule has 23 heteroatoms. The van der Waals surface area contributed by atoms with Crippen LogP contribution in [0.2, 0.25) is 0 Å². The zero-order chi connectivity index (χ0) is 49.6. The molecule has 7 rings (SSSR count). The monoisotopic (exact) mass is 986 g/mol. The molecule has 350 valence electrons. The number of phenolic OH excluding ortho intramolecular Hbond substituents is 1. The molecule has 0 spiro atoms. The maximum absolute atomic E-state index is 15.4. The van der Waals surface area contributed by atoms with E-state index in [1.807, 2.05) is 12.1 Å². The summed E-state index contributed by atoms with van der Waals surface area (Å²) in [5.41, 5.74) is -11.6. The average molecular weight is 986 g/mol. The van der Waals surface area contributed by atoms with Gasteiger partial charge in [-0.15, -0.1) is 21.9 Å². The summed E-state index contributed by atoms with van der Waals surface area (Å²) in [6.07, 6.45) is -7.22. The number of rotatable bonds is 9. The molecule has 0 atom stereocenters. The van der Waals surface area contributed by atoms with Gasteiger partial charge in [-0.2, -0.15) is 0 Å². The highest BCUT2D eigenvalue weighted by molar-refractivity contribution is 7.95. The van der Waals surface area contributed by atoms with Crippen molar-refractivity contribution in [1.82, 2.24) is 0 Å². The molecule has 0 heterocycles. The molecular formula is C44H19BF20OS. The quantitative estimate of drug-likeness (QED) is 0.0503. The van der Waals surface area contributed by atoms with Gasteiger partial charge in [0, 0.05) is 22.0 Å². The minimum Gasteiger partial charge on any atom is -0.508 e. The molecule has 0 radical (unpaired) electrons. The first-order chi connectivity index (χ1) is 31.5. The van der Waals surface area contributed by atoms with E-state index in [0.29, 0.717) is 5.75 Å². The van der Waals surface area contributed by atoms with Crippen LogP contribution in [0.1, 0.15) is 11.1 Å². The zero-order valence-corrected chi connectivity index (χ0v) is 33.3. The number of benzene rings is 7. The van der Waals surface area contributed by atoms with E-state index in [-0.39, 0.29) is 10.9 Å². The van der Waals surface area contributed by atoms with Gasteiger partial charge in [0.15, 0.2) is 74.7 Å². The largest absolute Gasteiger partial charge is 0.508 e. The Balaban J connectivity index is 0.000000279. The third-order valence-corrected chi connectivity index (χ3v) is 12.5. The Morgan fingerprint density at radius 3 is 0.716 bits per heavy atom. The zero-order valence-electron chi connectivity index (χ0n) is 32.5. The molecule has 67 heavy (non-hydrogen) atoms. The van der Waals surface area contributed by atoms with Crippen molar-refractivity contribution in [2.45, 2.75) is 16.4 Å². The molecule has 1 N–H and O–H groups in total. The fourth-order valence-corrected chi connectivity index (χ4v) is 9.43. The van der Waals surface area contributed by atoms with Crippen LogP contribution in [0.15, 0.2) is 89.8 Å². The van der Waals surface area contributed by atoms with Crippen LogP contribution in [0, 0.1) is 116 Å². The van der Waals surface area contributed by atoms with Crippen LogP contribution in [0.4, 0.5) is 87.8 Å². The lowest BCUT2D eigenvalue weighted by Crippen LogP contribution is -2.81. The summed E-state index contributed by atoms with van der Waals surface area (Å²) in [6, 6.07) is 28.9. The van der Waals surface area contributed by atoms with Crippen molar-refractivity contribution in [2.24, 2.45) is 0 Å². The predicted octanol–water partition coefficient (Wildman–Crippen LogP) is 10.6. The second kappa shape index (κ2) is 19.3. The third kappa shape index (κ3) is 8.52. The Kier molecular flexibility index (Phi) is 14.3. The molecule has 0 amide bonds. The SMILES string of the molecule is Fc1c(F)c(F)c([B-](c2c(F)c(F)c(F)c(F)c2F)(c2c(F)c(F)c(F)c(F)c2F)c2c(F)c(F)c(F)c(F)c2F)c(F)c1F.Oc1ccc([S+](Cc2ccccc2)Cc2ccccc2)cc1. The Morgan fingerprint density at radius 1 is 0.284 bits per heavy atom. The molecule has 0 aromatic heterocycles. The molecule has 0 bridgehead atoms. The van der Waals surface area contributed by atoms with Crippen molar-refractivity contribution >= 4 is 38.9 Å². The van der Waals surface area contributed by atoms with Gasteiger partial charge in [0.2, 0.25) is 0 Å². The van der Waals surface area contributed by atoms with Gasteiger partial charge in [0.25, 0.3) is 0 Å². The second-order valence-electron chi connectivity index (χ2n) is 14.0. The van der Waals surface area contributed by atoms with E-state index in [1.165, 1.54) is 16.0 Å². The molecule has 0 aliphatic rings. The van der Waals surface area contributed by atoms with Gasteiger partial charge >= 0.3 is 0 Å². The summed E-state index contributed by atoms with van der Waals surface area (Å²) >= 11 is 0. The fraction of sp³-hybridized carbons (Fsp3) is 0.0455. The van der Waals surface area contributed by atoms with Crippen molar-refractivity contribution < 1.29 is 92.9 Å². The van der Waals surface area contributed by atoms with Crippen LogP contribution in [0.3, 0.4) is 0 Å². The lowest BCUT2D eigenvalue weighted by Gasteiger charge is -2.44. The summed E-state index contributed by atoms with van der Waals surface area (Å²) in [7, 11) is 0.0908. The van der Waals surface area contributed by atoms with Gasteiger partial charge in [-0.3, -0.25) is 0 Å². The molecular weight excluding hydrogens is 967 g/mol. The molecule has 7 aromatic rings. The van der Waals surface area contributed by atoms with E-state index in [9.17, 15) is 57.8 Å². The number of aromatic hydroxyl groups is 1. The van der Waals surface area contributed by atoms with Crippen LogP contribution in [-0.4, -0.2) is 11.3 Å². The van der Waals surface area contributed by atoms with Crippen molar-refractivity contribution in [1.29, 1.82) is 0 Å². The van der Waals surface area contributed by atoms with E-state index in [2.05, 4.69) is 60.7 Å². The minimum absolute atomic E-state index is 0.0908. The average Bonchev–Trinajstić information content (AvgIpc) is 3.32.